The predicted molar refractivity (Wildman–Crippen MR) is 126 cm³/mol. The van der Waals surface area contributed by atoms with Gasteiger partial charge in [0.15, 0.2) is 0 Å². The van der Waals surface area contributed by atoms with Crippen molar-refractivity contribution in [3.63, 3.8) is 0 Å². The van der Waals surface area contributed by atoms with Crippen molar-refractivity contribution in [3.8, 4) is 0 Å². The standard InChI is InChI=1S/C25H31BrF3N3O/c1-3-12-24(4-2)18-15-17(26)10-11-20(18)32(23(24)33)16-22-30-19-8-5-6-9-21(19)31(22)14-7-13-25(27,28)29/h10-11,15H,3-9,12-14,16H2,1-2H3. The summed E-state index contributed by atoms with van der Waals surface area (Å²) >= 11 is 3.56. The Bertz CT molecular complexity index is 1030. The smallest absolute Gasteiger partial charge is 0.330 e. The number of carbonyl (C=O) groups excluding carboxylic acids is 1. The average Bonchev–Trinajstić information content (AvgIpc) is 3.22. The van der Waals surface area contributed by atoms with Gasteiger partial charge in [0.05, 0.1) is 17.7 Å². The van der Waals surface area contributed by atoms with Crippen LogP contribution in [-0.4, -0.2) is 21.6 Å². The Morgan fingerprint density at radius 3 is 2.64 bits per heavy atom. The van der Waals surface area contributed by atoms with Crippen molar-refractivity contribution < 1.29 is 18.0 Å². The summed E-state index contributed by atoms with van der Waals surface area (Å²) in [5.41, 5.74) is 3.39. The van der Waals surface area contributed by atoms with E-state index in [-0.39, 0.29) is 25.4 Å². The molecule has 0 saturated carbocycles. The number of imidazole rings is 1. The first-order valence-electron chi connectivity index (χ1n) is 12.0. The number of carbonyl (C=O) groups is 1. The largest absolute Gasteiger partial charge is 0.389 e. The number of benzene rings is 1. The molecule has 1 amide bonds. The van der Waals surface area contributed by atoms with E-state index in [2.05, 4.69) is 29.8 Å². The summed E-state index contributed by atoms with van der Waals surface area (Å²) in [7, 11) is 0. The highest BCUT2D eigenvalue weighted by atomic mass is 79.9. The third-order valence-electron chi connectivity index (χ3n) is 7.15. The van der Waals surface area contributed by atoms with Crippen LogP contribution in [0.4, 0.5) is 18.9 Å². The minimum absolute atomic E-state index is 0.0194. The molecule has 0 fully saturated rings. The maximum atomic E-state index is 13.8. The molecular formula is C25H31BrF3N3O. The van der Waals surface area contributed by atoms with Crippen molar-refractivity contribution in [3.05, 3.63) is 45.4 Å². The summed E-state index contributed by atoms with van der Waals surface area (Å²) in [4.78, 5) is 20.5. The Morgan fingerprint density at radius 2 is 1.94 bits per heavy atom. The molecule has 1 aromatic heterocycles. The van der Waals surface area contributed by atoms with Gasteiger partial charge in [0.2, 0.25) is 5.91 Å². The van der Waals surface area contributed by atoms with Crippen LogP contribution in [0.1, 0.15) is 81.6 Å². The summed E-state index contributed by atoms with van der Waals surface area (Å²) in [6, 6.07) is 5.96. The van der Waals surface area contributed by atoms with E-state index < -0.39 is 18.0 Å². The lowest BCUT2D eigenvalue weighted by molar-refractivity contribution is -0.136. The van der Waals surface area contributed by atoms with Crippen molar-refractivity contribution in [2.75, 3.05) is 4.90 Å². The molecule has 2 aromatic rings. The number of hydrogen-bond acceptors (Lipinski definition) is 2. The highest BCUT2D eigenvalue weighted by Crippen LogP contribution is 2.48. The van der Waals surface area contributed by atoms with Gasteiger partial charge in [0, 0.05) is 28.8 Å². The second kappa shape index (κ2) is 9.43. The molecule has 4 rings (SSSR count). The number of rotatable bonds is 8. The summed E-state index contributed by atoms with van der Waals surface area (Å²) in [6.45, 7) is 4.71. The highest BCUT2D eigenvalue weighted by Gasteiger charge is 2.49. The molecule has 2 heterocycles. The third-order valence-corrected chi connectivity index (χ3v) is 7.65. The Morgan fingerprint density at radius 1 is 1.18 bits per heavy atom. The fourth-order valence-corrected chi connectivity index (χ4v) is 5.94. The van der Waals surface area contributed by atoms with Crippen LogP contribution in [0.3, 0.4) is 0 Å². The first-order valence-corrected chi connectivity index (χ1v) is 12.8. The highest BCUT2D eigenvalue weighted by molar-refractivity contribution is 9.10. The van der Waals surface area contributed by atoms with Crippen LogP contribution < -0.4 is 4.90 Å². The number of hydrogen-bond donors (Lipinski definition) is 0. The number of halogens is 4. The molecule has 0 spiro atoms. The molecule has 0 bridgehead atoms. The Balaban J connectivity index is 1.70. The first-order chi connectivity index (χ1) is 15.7. The van der Waals surface area contributed by atoms with Gasteiger partial charge in [-0.15, -0.1) is 0 Å². The fourth-order valence-electron chi connectivity index (χ4n) is 5.57. The van der Waals surface area contributed by atoms with E-state index in [9.17, 15) is 18.0 Å². The molecule has 0 saturated heterocycles. The van der Waals surface area contributed by atoms with Crippen molar-refractivity contribution in [1.29, 1.82) is 0 Å². The van der Waals surface area contributed by atoms with Crippen LogP contribution in [0.5, 0.6) is 0 Å². The molecule has 33 heavy (non-hydrogen) atoms. The zero-order chi connectivity index (χ0) is 23.8. The zero-order valence-electron chi connectivity index (χ0n) is 19.3. The van der Waals surface area contributed by atoms with E-state index in [1.807, 2.05) is 27.7 Å². The van der Waals surface area contributed by atoms with Crippen LogP contribution in [0, 0.1) is 0 Å². The number of aryl methyl sites for hydroxylation is 1. The van der Waals surface area contributed by atoms with Gasteiger partial charge in [-0.05, 0) is 68.7 Å². The lowest BCUT2D eigenvalue weighted by Crippen LogP contribution is -2.40. The van der Waals surface area contributed by atoms with Crippen LogP contribution in [0.25, 0.3) is 0 Å². The molecular weight excluding hydrogens is 495 g/mol. The van der Waals surface area contributed by atoms with Gasteiger partial charge in [-0.1, -0.05) is 36.2 Å². The molecule has 1 aliphatic carbocycles. The molecule has 1 aliphatic heterocycles. The monoisotopic (exact) mass is 525 g/mol. The molecule has 0 radical (unpaired) electrons. The zero-order valence-corrected chi connectivity index (χ0v) is 20.9. The minimum atomic E-state index is -4.17. The number of nitrogens with zero attached hydrogens (tertiary/aromatic N) is 3. The van der Waals surface area contributed by atoms with Gasteiger partial charge in [0.1, 0.15) is 5.82 Å². The number of alkyl halides is 3. The van der Waals surface area contributed by atoms with Crippen molar-refractivity contribution in [1.82, 2.24) is 9.55 Å². The number of anilines is 1. The minimum Gasteiger partial charge on any atom is -0.330 e. The van der Waals surface area contributed by atoms with Gasteiger partial charge < -0.3 is 9.47 Å². The number of fused-ring (bicyclic) bond motifs is 2. The molecule has 1 aromatic carbocycles. The number of aromatic nitrogens is 2. The van der Waals surface area contributed by atoms with Crippen LogP contribution >= 0.6 is 15.9 Å². The Labute approximate surface area is 201 Å². The van der Waals surface area contributed by atoms with Crippen LogP contribution in [0.15, 0.2) is 22.7 Å². The predicted octanol–water partition coefficient (Wildman–Crippen LogP) is 6.86. The van der Waals surface area contributed by atoms with Crippen molar-refractivity contribution in [2.24, 2.45) is 0 Å². The average molecular weight is 526 g/mol. The van der Waals surface area contributed by atoms with E-state index in [0.717, 1.165) is 65.6 Å². The first kappa shape index (κ1) is 24.3. The van der Waals surface area contributed by atoms with Crippen molar-refractivity contribution >= 4 is 27.5 Å². The van der Waals surface area contributed by atoms with Gasteiger partial charge in [0.25, 0.3) is 0 Å². The Kier molecular flexibility index (Phi) is 6.95. The maximum Gasteiger partial charge on any atom is 0.389 e. The van der Waals surface area contributed by atoms with E-state index in [1.54, 1.807) is 0 Å². The van der Waals surface area contributed by atoms with Gasteiger partial charge in [-0.25, -0.2) is 4.98 Å². The second-order valence-corrected chi connectivity index (χ2v) is 10.2. The molecule has 2 aliphatic rings. The lowest BCUT2D eigenvalue weighted by Gasteiger charge is -2.27. The Hall–Kier alpha value is -1.83. The summed E-state index contributed by atoms with van der Waals surface area (Å²) in [6.07, 6.45) is 1.14. The summed E-state index contributed by atoms with van der Waals surface area (Å²) in [5, 5.41) is 0. The molecule has 0 N–H and O–H groups in total. The molecule has 1 atom stereocenters. The van der Waals surface area contributed by atoms with Gasteiger partial charge in [-0.2, -0.15) is 13.2 Å². The van der Waals surface area contributed by atoms with Crippen LogP contribution in [-0.2, 0) is 36.1 Å². The SMILES string of the molecule is CCCC1(CC)C(=O)N(Cc2nc3c(n2CCCC(F)(F)F)CCCC3)c2ccc(Br)cc21. The van der Waals surface area contributed by atoms with Gasteiger partial charge in [-0.3, -0.25) is 4.79 Å². The van der Waals surface area contributed by atoms with E-state index in [0.29, 0.717) is 12.2 Å². The molecule has 8 heteroatoms. The summed E-state index contributed by atoms with van der Waals surface area (Å²) in [5.74, 6) is 0.775. The van der Waals surface area contributed by atoms with E-state index in [4.69, 9.17) is 4.98 Å². The van der Waals surface area contributed by atoms with Crippen molar-refractivity contribution in [2.45, 2.75) is 96.3 Å². The quantitative estimate of drug-likeness (QED) is 0.377. The third kappa shape index (κ3) is 4.60. The molecule has 1 unspecified atom stereocenters. The number of amides is 1. The second-order valence-electron chi connectivity index (χ2n) is 9.24. The van der Waals surface area contributed by atoms with Gasteiger partial charge >= 0.3 is 6.18 Å². The topological polar surface area (TPSA) is 38.1 Å². The lowest BCUT2D eigenvalue weighted by atomic mass is 9.75. The van der Waals surface area contributed by atoms with Crippen LogP contribution in [0.2, 0.25) is 0 Å². The molecule has 180 valence electrons. The molecule has 4 nitrogen and oxygen atoms in total. The fraction of sp³-hybridized carbons (Fsp3) is 0.600. The summed E-state index contributed by atoms with van der Waals surface area (Å²) < 4.78 is 41.4. The normalized spacial score (nSPS) is 20.3. The van der Waals surface area contributed by atoms with E-state index >= 15 is 0 Å². The maximum absolute atomic E-state index is 13.8. The van der Waals surface area contributed by atoms with E-state index in [1.165, 1.54) is 0 Å².